The lowest BCUT2D eigenvalue weighted by Gasteiger charge is -2.08. The van der Waals surface area contributed by atoms with Gasteiger partial charge in [0.1, 0.15) is 0 Å². The summed E-state index contributed by atoms with van der Waals surface area (Å²) in [6, 6.07) is 21.5. The highest BCUT2D eigenvalue weighted by molar-refractivity contribution is 5.69. The third kappa shape index (κ3) is 3.86. The second-order valence-electron chi connectivity index (χ2n) is 7.62. The fourth-order valence-corrected chi connectivity index (χ4v) is 3.71. The van der Waals surface area contributed by atoms with Crippen molar-refractivity contribution in [1.82, 2.24) is 9.97 Å². The van der Waals surface area contributed by atoms with Gasteiger partial charge >= 0.3 is 0 Å². The summed E-state index contributed by atoms with van der Waals surface area (Å²) in [5.41, 5.74) is 11.5. The molecule has 2 heteroatoms. The molecule has 4 rings (SSSR count). The average molecular weight is 364 g/mol. The van der Waals surface area contributed by atoms with Crippen molar-refractivity contribution < 1.29 is 0 Å². The summed E-state index contributed by atoms with van der Waals surface area (Å²) >= 11 is 0. The van der Waals surface area contributed by atoms with Gasteiger partial charge in [-0.1, -0.05) is 70.8 Å². The summed E-state index contributed by atoms with van der Waals surface area (Å²) < 4.78 is 0. The predicted molar refractivity (Wildman–Crippen MR) is 117 cm³/mol. The maximum atomic E-state index is 4.65. The number of hydrogen-bond donors (Lipinski definition) is 0. The van der Waals surface area contributed by atoms with Gasteiger partial charge in [0, 0.05) is 23.5 Å². The summed E-state index contributed by atoms with van der Waals surface area (Å²) in [6.07, 6.45) is 3.87. The van der Waals surface area contributed by atoms with E-state index < -0.39 is 0 Å². The van der Waals surface area contributed by atoms with Crippen LogP contribution in [-0.4, -0.2) is 9.97 Å². The van der Waals surface area contributed by atoms with Gasteiger partial charge in [-0.2, -0.15) is 0 Å². The molecule has 0 radical (unpaired) electrons. The lowest BCUT2D eigenvalue weighted by atomic mass is 10.0. The van der Waals surface area contributed by atoms with Crippen LogP contribution in [0.5, 0.6) is 0 Å². The smallest absolute Gasteiger partial charge is 0.0886 e. The number of benzene rings is 2. The van der Waals surface area contributed by atoms with Crippen molar-refractivity contribution in [2.24, 2.45) is 0 Å². The Hall–Kier alpha value is -3.26. The number of nitrogens with zero attached hydrogens (tertiary/aromatic N) is 2. The second kappa shape index (κ2) is 7.40. The average Bonchev–Trinajstić information content (AvgIpc) is 2.67. The molecule has 0 atom stereocenters. The minimum Gasteiger partial charge on any atom is -0.254 e. The molecule has 0 bridgehead atoms. The number of rotatable bonds is 3. The molecule has 0 saturated carbocycles. The van der Waals surface area contributed by atoms with Crippen molar-refractivity contribution in [2.45, 2.75) is 27.7 Å². The van der Waals surface area contributed by atoms with Crippen LogP contribution in [-0.2, 0) is 0 Å². The van der Waals surface area contributed by atoms with Crippen LogP contribution in [0.15, 0.2) is 73.1 Å². The molecular weight excluding hydrogens is 340 g/mol. The number of hydrogen-bond acceptors (Lipinski definition) is 2. The predicted octanol–water partition coefficient (Wildman–Crippen LogP) is 6.71. The van der Waals surface area contributed by atoms with E-state index in [2.05, 4.69) is 86.2 Å². The normalized spacial score (nSPS) is 10.9. The van der Waals surface area contributed by atoms with Gasteiger partial charge in [-0.05, 0) is 51.0 Å². The minimum atomic E-state index is 0.889. The third-order valence-electron chi connectivity index (χ3n) is 4.90. The number of aryl methyl sites for hydroxylation is 4. The zero-order valence-corrected chi connectivity index (χ0v) is 16.8. The molecule has 2 heterocycles. The molecule has 2 nitrogen and oxygen atoms in total. The van der Waals surface area contributed by atoms with Gasteiger partial charge in [-0.3, -0.25) is 9.97 Å². The Morgan fingerprint density at radius 1 is 0.429 bits per heavy atom. The lowest BCUT2D eigenvalue weighted by Crippen LogP contribution is -1.90. The molecule has 0 saturated heterocycles. The minimum absolute atomic E-state index is 0.889. The molecule has 0 N–H and O–H groups in total. The summed E-state index contributed by atoms with van der Waals surface area (Å²) in [5, 5.41) is 0. The van der Waals surface area contributed by atoms with Crippen molar-refractivity contribution in [3.63, 3.8) is 0 Å². The Kier molecular flexibility index (Phi) is 4.79. The van der Waals surface area contributed by atoms with Crippen LogP contribution in [0.2, 0.25) is 0 Å². The van der Waals surface area contributed by atoms with Crippen molar-refractivity contribution in [3.05, 3.63) is 95.3 Å². The van der Waals surface area contributed by atoms with E-state index in [9.17, 15) is 0 Å². The van der Waals surface area contributed by atoms with Crippen LogP contribution < -0.4 is 0 Å². The highest BCUT2D eigenvalue weighted by Gasteiger charge is 2.06. The van der Waals surface area contributed by atoms with Gasteiger partial charge in [0.05, 0.1) is 11.4 Å². The van der Waals surface area contributed by atoms with Gasteiger partial charge in [0.2, 0.25) is 0 Å². The molecule has 0 amide bonds. The molecule has 0 aliphatic carbocycles. The summed E-state index contributed by atoms with van der Waals surface area (Å²) in [5.74, 6) is 0. The van der Waals surface area contributed by atoms with E-state index in [0.29, 0.717) is 0 Å². The quantitative estimate of drug-likeness (QED) is 0.404. The molecule has 0 spiro atoms. The van der Waals surface area contributed by atoms with E-state index in [0.717, 1.165) is 22.5 Å². The molecule has 2 aromatic carbocycles. The zero-order valence-electron chi connectivity index (χ0n) is 16.8. The van der Waals surface area contributed by atoms with Crippen LogP contribution in [0.1, 0.15) is 22.3 Å². The third-order valence-corrected chi connectivity index (χ3v) is 4.90. The maximum Gasteiger partial charge on any atom is 0.0886 e. The largest absolute Gasteiger partial charge is 0.254 e. The van der Waals surface area contributed by atoms with Gasteiger partial charge in [0.25, 0.3) is 0 Å². The molecular formula is C26H24N2. The van der Waals surface area contributed by atoms with Crippen LogP contribution >= 0.6 is 0 Å². The van der Waals surface area contributed by atoms with Crippen LogP contribution in [0.3, 0.4) is 0 Å². The highest BCUT2D eigenvalue weighted by atomic mass is 14.8. The summed E-state index contributed by atoms with van der Waals surface area (Å²) in [7, 11) is 0. The first-order chi connectivity index (χ1) is 13.5. The molecule has 0 aliphatic heterocycles. The summed E-state index contributed by atoms with van der Waals surface area (Å²) in [6.45, 7) is 8.50. The van der Waals surface area contributed by atoms with E-state index in [4.69, 9.17) is 0 Å². The van der Waals surface area contributed by atoms with Crippen molar-refractivity contribution in [1.29, 1.82) is 0 Å². The zero-order chi connectivity index (χ0) is 19.7. The maximum absolute atomic E-state index is 4.65. The monoisotopic (exact) mass is 364 g/mol. The number of aromatic nitrogens is 2. The first-order valence-corrected chi connectivity index (χ1v) is 9.58. The Labute approximate surface area is 167 Å². The van der Waals surface area contributed by atoms with E-state index in [1.54, 1.807) is 0 Å². The first kappa shape index (κ1) is 18.1. The van der Waals surface area contributed by atoms with E-state index >= 15 is 0 Å². The lowest BCUT2D eigenvalue weighted by molar-refractivity contribution is 1.24. The Morgan fingerprint density at radius 2 is 0.786 bits per heavy atom. The first-order valence-electron chi connectivity index (χ1n) is 9.58. The number of pyridine rings is 2. The van der Waals surface area contributed by atoms with Gasteiger partial charge < -0.3 is 0 Å². The summed E-state index contributed by atoms with van der Waals surface area (Å²) in [4.78, 5) is 9.31. The highest BCUT2D eigenvalue weighted by Crippen LogP contribution is 2.26. The molecule has 2 aromatic heterocycles. The Bertz CT molecular complexity index is 991. The Morgan fingerprint density at radius 3 is 1.07 bits per heavy atom. The van der Waals surface area contributed by atoms with Gasteiger partial charge in [0.15, 0.2) is 0 Å². The van der Waals surface area contributed by atoms with Crippen LogP contribution in [0.25, 0.3) is 33.6 Å². The SMILES string of the molecule is Cc1cc(C)cc(-c2ccc(-c3ccc(-c4cc(C)cc(C)c4)cn3)nc2)c1. The van der Waals surface area contributed by atoms with E-state index in [1.807, 2.05) is 24.5 Å². The molecule has 0 fully saturated rings. The van der Waals surface area contributed by atoms with Crippen molar-refractivity contribution in [3.8, 4) is 33.6 Å². The van der Waals surface area contributed by atoms with Crippen molar-refractivity contribution in [2.75, 3.05) is 0 Å². The molecule has 28 heavy (non-hydrogen) atoms. The topological polar surface area (TPSA) is 25.8 Å². The van der Waals surface area contributed by atoms with Gasteiger partial charge in [-0.15, -0.1) is 0 Å². The van der Waals surface area contributed by atoms with Gasteiger partial charge in [-0.25, -0.2) is 0 Å². The van der Waals surface area contributed by atoms with E-state index in [1.165, 1.54) is 33.4 Å². The molecule has 0 unspecified atom stereocenters. The fourth-order valence-electron chi connectivity index (χ4n) is 3.71. The van der Waals surface area contributed by atoms with E-state index in [-0.39, 0.29) is 0 Å². The standard InChI is InChI=1S/C26H24N2/c1-17-9-18(2)12-23(11-17)21-5-7-25(27-15-21)26-8-6-22(16-28-26)24-13-19(3)10-20(4)14-24/h5-16H,1-4H3. The van der Waals surface area contributed by atoms with Crippen molar-refractivity contribution >= 4 is 0 Å². The van der Waals surface area contributed by atoms with Crippen LogP contribution in [0.4, 0.5) is 0 Å². The molecule has 4 aromatic rings. The second-order valence-corrected chi connectivity index (χ2v) is 7.62. The fraction of sp³-hybridized carbons (Fsp3) is 0.154. The van der Waals surface area contributed by atoms with Crippen LogP contribution in [0, 0.1) is 27.7 Å². The Balaban J connectivity index is 1.61. The molecule has 138 valence electrons. The molecule has 0 aliphatic rings.